The minimum absolute atomic E-state index is 0.195. The number of piperidine rings is 1. The van der Waals surface area contributed by atoms with Gasteiger partial charge in [-0.3, -0.25) is 4.90 Å². The van der Waals surface area contributed by atoms with Gasteiger partial charge < -0.3 is 5.11 Å². The average Bonchev–Trinajstić information content (AvgIpc) is 2.41. The number of hydrogen-bond donors (Lipinski definition) is 1. The van der Waals surface area contributed by atoms with E-state index in [2.05, 4.69) is 50.8 Å². The highest BCUT2D eigenvalue weighted by Crippen LogP contribution is 2.34. The van der Waals surface area contributed by atoms with Crippen LogP contribution in [0.2, 0.25) is 0 Å². The van der Waals surface area contributed by atoms with E-state index in [-0.39, 0.29) is 5.54 Å². The second-order valence-electron chi connectivity index (χ2n) is 6.46. The first-order valence-electron chi connectivity index (χ1n) is 7.43. The predicted octanol–water partition coefficient (Wildman–Crippen LogP) is 3.60. The third-order valence-electron chi connectivity index (χ3n) is 4.57. The molecule has 0 aromatic heterocycles. The van der Waals surface area contributed by atoms with E-state index in [1.807, 2.05) is 0 Å². The Morgan fingerprint density at radius 3 is 2.37 bits per heavy atom. The SMILES string of the molecule is Cc1ccc(C)c(C(O)C(C)(C)N2CCCCC2)c1. The summed E-state index contributed by atoms with van der Waals surface area (Å²) in [5.41, 5.74) is 3.28. The van der Waals surface area contributed by atoms with Crippen LogP contribution in [0.4, 0.5) is 0 Å². The van der Waals surface area contributed by atoms with Crippen LogP contribution in [0.15, 0.2) is 18.2 Å². The topological polar surface area (TPSA) is 23.5 Å². The van der Waals surface area contributed by atoms with Gasteiger partial charge in [0.2, 0.25) is 0 Å². The van der Waals surface area contributed by atoms with Crippen molar-refractivity contribution in [2.45, 2.75) is 58.6 Å². The number of benzene rings is 1. The molecule has 0 aliphatic carbocycles. The Bertz CT molecular complexity index is 433. The van der Waals surface area contributed by atoms with Crippen LogP contribution in [0.25, 0.3) is 0 Å². The molecule has 2 rings (SSSR count). The molecule has 0 bridgehead atoms. The van der Waals surface area contributed by atoms with Crippen molar-refractivity contribution >= 4 is 0 Å². The largest absolute Gasteiger partial charge is 0.386 e. The lowest BCUT2D eigenvalue weighted by Crippen LogP contribution is -2.50. The zero-order valence-corrected chi connectivity index (χ0v) is 12.7. The number of nitrogens with zero attached hydrogens (tertiary/aromatic N) is 1. The van der Waals surface area contributed by atoms with E-state index in [0.29, 0.717) is 0 Å². The lowest BCUT2D eigenvalue weighted by molar-refractivity contribution is -0.0212. The van der Waals surface area contributed by atoms with Gasteiger partial charge >= 0.3 is 0 Å². The maximum Gasteiger partial charge on any atom is 0.0970 e. The highest BCUT2D eigenvalue weighted by Gasteiger charge is 2.36. The van der Waals surface area contributed by atoms with Crippen LogP contribution in [-0.2, 0) is 0 Å². The molecule has 106 valence electrons. The first-order chi connectivity index (χ1) is 8.93. The van der Waals surface area contributed by atoms with Crippen LogP contribution in [0.1, 0.15) is 55.9 Å². The van der Waals surface area contributed by atoms with Gasteiger partial charge in [-0.25, -0.2) is 0 Å². The Balaban J connectivity index is 2.25. The van der Waals surface area contributed by atoms with Crippen molar-refractivity contribution in [2.75, 3.05) is 13.1 Å². The van der Waals surface area contributed by atoms with Gasteiger partial charge in [0.1, 0.15) is 0 Å². The quantitative estimate of drug-likeness (QED) is 0.898. The van der Waals surface area contributed by atoms with Gasteiger partial charge in [-0.15, -0.1) is 0 Å². The summed E-state index contributed by atoms with van der Waals surface area (Å²) in [6.45, 7) is 10.7. The van der Waals surface area contributed by atoms with Gasteiger partial charge in [-0.05, 0) is 64.8 Å². The van der Waals surface area contributed by atoms with Crippen LogP contribution < -0.4 is 0 Å². The molecule has 1 N–H and O–H groups in total. The van der Waals surface area contributed by atoms with Crippen molar-refractivity contribution in [3.8, 4) is 0 Å². The Hall–Kier alpha value is -0.860. The number of rotatable bonds is 3. The van der Waals surface area contributed by atoms with Gasteiger partial charge in [-0.1, -0.05) is 30.2 Å². The summed E-state index contributed by atoms with van der Waals surface area (Å²) in [7, 11) is 0. The Kier molecular flexibility index (Phi) is 4.32. The number of aryl methyl sites for hydroxylation is 2. The van der Waals surface area contributed by atoms with Crippen molar-refractivity contribution in [3.63, 3.8) is 0 Å². The van der Waals surface area contributed by atoms with Gasteiger partial charge in [0.25, 0.3) is 0 Å². The third kappa shape index (κ3) is 3.01. The molecule has 1 aromatic rings. The standard InChI is InChI=1S/C17H27NO/c1-13-8-9-14(2)15(12-13)16(19)17(3,4)18-10-6-5-7-11-18/h8-9,12,16,19H,5-7,10-11H2,1-4H3. The minimum atomic E-state index is -0.425. The van der Waals surface area contributed by atoms with E-state index < -0.39 is 6.10 Å². The molecule has 2 nitrogen and oxygen atoms in total. The monoisotopic (exact) mass is 261 g/mol. The average molecular weight is 261 g/mol. The van der Waals surface area contributed by atoms with Gasteiger partial charge in [0.15, 0.2) is 0 Å². The number of hydrogen-bond acceptors (Lipinski definition) is 2. The molecule has 2 heteroatoms. The highest BCUT2D eigenvalue weighted by atomic mass is 16.3. The summed E-state index contributed by atoms with van der Waals surface area (Å²) in [6, 6.07) is 6.35. The Morgan fingerprint density at radius 1 is 1.11 bits per heavy atom. The molecule has 1 atom stereocenters. The lowest BCUT2D eigenvalue weighted by Gasteiger charge is -2.44. The van der Waals surface area contributed by atoms with E-state index in [1.54, 1.807) is 0 Å². The molecule has 1 aliphatic heterocycles. The Labute approximate surface area is 117 Å². The lowest BCUT2D eigenvalue weighted by atomic mass is 9.85. The molecular weight excluding hydrogens is 234 g/mol. The first-order valence-corrected chi connectivity index (χ1v) is 7.43. The van der Waals surface area contributed by atoms with Crippen molar-refractivity contribution in [2.24, 2.45) is 0 Å². The molecule has 0 spiro atoms. The summed E-state index contributed by atoms with van der Waals surface area (Å²) >= 11 is 0. The van der Waals surface area contributed by atoms with Crippen LogP contribution in [-0.4, -0.2) is 28.6 Å². The highest BCUT2D eigenvalue weighted by molar-refractivity contribution is 5.33. The fourth-order valence-corrected chi connectivity index (χ4v) is 3.08. The summed E-state index contributed by atoms with van der Waals surface area (Å²) in [5.74, 6) is 0. The minimum Gasteiger partial charge on any atom is -0.386 e. The molecule has 1 unspecified atom stereocenters. The molecule has 0 radical (unpaired) electrons. The number of aliphatic hydroxyl groups excluding tert-OH is 1. The van der Waals surface area contributed by atoms with Gasteiger partial charge in [-0.2, -0.15) is 0 Å². The van der Waals surface area contributed by atoms with Crippen LogP contribution in [0.3, 0.4) is 0 Å². The predicted molar refractivity (Wildman–Crippen MR) is 80.4 cm³/mol. The zero-order chi connectivity index (χ0) is 14.0. The first kappa shape index (κ1) is 14.5. The Morgan fingerprint density at radius 2 is 1.74 bits per heavy atom. The van der Waals surface area contributed by atoms with Gasteiger partial charge in [0.05, 0.1) is 6.10 Å². The molecule has 1 fully saturated rings. The molecule has 1 aliphatic rings. The molecule has 19 heavy (non-hydrogen) atoms. The molecule has 0 amide bonds. The van der Waals surface area contributed by atoms with E-state index in [1.165, 1.54) is 30.4 Å². The van der Waals surface area contributed by atoms with E-state index in [4.69, 9.17) is 0 Å². The smallest absolute Gasteiger partial charge is 0.0970 e. The van der Waals surface area contributed by atoms with Gasteiger partial charge in [0, 0.05) is 5.54 Å². The van der Waals surface area contributed by atoms with Crippen molar-refractivity contribution in [3.05, 3.63) is 34.9 Å². The second kappa shape index (κ2) is 5.64. The molecule has 1 saturated heterocycles. The van der Waals surface area contributed by atoms with Crippen molar-refractivity contribution in [1.29, 1.82) is 0 Å². The number of aliphatic hydroxyl groups is 1. The summed E-state index contributed by atoms with van der Waals surface area (Å²) in [6.07, 6.45) is 3.41. The van der Waals surface area contributed by atoms with E-state index in [9.17, 15) is 5.11 Å². The van der Waals surface area contributed by atoms with Crippen molar-refractivity contribution in [1.82, 2.24) is 4.90 Å². The third-order valence-corrected chi connectivity index (χ3v) is 4.57. The molecule has 0 saturated carbocycles. The second-order valence-corrected chi connectivity index (χ2v) is 6.46. The molecule has 1 aromatic carbocycles. The molecule has 1 heterocycles. The normalized spacial score (nSPS) is 19.4. The fraction of sp³-hybridized carbons (Fsp3) is 0.647. The number of likely N-dealkylation sites (tertiary alicyclic amines) is 1. The van der Waals surface area contributed by atoms with E-state index in [0.717, 1.165) is 18.7 Å². The fourth-order valence-electron chi connectivity index (χ4n) is 3.08. The maximum absolute atomic E-state index is 10.9. The van der Waals surface area contributed by atoms with Crippen molar-refractivity contribution < 1.29 is 5.11 Å². The van der Waals surface area contributed by atoms with Crippen LogP contribution >= 0.6 is 0 Å². The maximum atomic E-state index is 10.9. The van der Waals surface area contributed by atoms with E-state index >= 15 is 0 Å². The molecular formula is C17H27NO. The zero-order valence-electron chi connectivity index (χ0n) is 12.7. The van der Waals surface area contributed by atoms with Crippen LogP contribution in [0.5, 0.6) is 0 Å². The summed E-state index contributed by atoms with van der Waals surface area (Å²) in [5, 5.41) is 10.9. The van der Waals surface area contributed by atoms with Crippen LogP contribution in [0, 0.1) is 13.8 Å². The summed E-state index contributed by atoms with van der Waals surface area (Å²) in [4.78, 5) is 2.45. The summed E-state index contributed by atoms with van der Waals surface area (Å²) < 4.78 is 0.